The van der Waals surface area contributed by atoms with Crippen molar-refractivity contribution in [2.45, 2.75) is 20.8 Å². The zero-order valence-corrected chi connectivity index (χ0v) is 12.3. The Morgan fingerprint density at radius 3 is 2.59 bits per heavy atom. The number of aromatic nitrogens is 3. The van der Waals surface area contributed by atoms with Crippen LogP contribution in [0.15, 0.2) is 17.2 Å². The molecule has 1 aromatic heterocycles. The number of hydrogen-bond donors (Lipinski definition) is 1. The summed E-state index contributed by atoms with van der Waals surface area (Å²) in [5.41, 5.74) is -0.0231. The van der Waals surface area contributed by atoms with Crippen LogP contribution in [0.2, 0.25) is 0 Å². The van der Waals surface area contributed by atoms with Crippen LogP contribution in [0.5, 0.6) is 11.5 Å². The van der Waals surface area contributed by atoms with E-state index in [0.717, 1.165) is 0 Å². The fourth-order valence-corrected chi connectivity index (χ4v) is 1.85. The number of rotatable bonds is 5. The van der Waals surface area contributed by atoms with Crippen molar-refractivity contribution in [1.29, 1.82) is 0 Å². The van der Waals surface area contributed by atoms with Crippen LogP contribution in [0, 0.1) is 24.0 Å². The van der Waals surface area contributed by atoms with Crippen molar-refractivity contribution in [1.82, 2.24) is 14.9 Å². The van der Waals surface area contributed by atoms with Crippen LogP contribution in [0.1, 0.15) is 24.1 Å². The Hall–Kier alpha value is -2.97. The first kappa shape index (κ1) is 15.4. The zero-order valence-electron chi connectivity index (χ0n) is 12.3. The Bertz CT molecular complexity index is 719. The molecule has 1 aromatic carbocycles. The number of phenols is 1. The normalized spacial score (nSPS) is 11.0. The van der Waals surface area contributed by atoms with E-state index in [4.69, 9.17) is 4.74 Å². The fraction of sp³-hybridized carbons (Fsp3) is 0.308. The molecule has 0 aliphatic carbocycles. The number of nitro groups is 1. The van der Waals surface area contributed by atoms with Gasteiger partial charge in [-0.1, -0.05) is 0 Å². The van der Waals surface area contributed by atoms with Gasteiger partial charge < -0.3 is 9.84 Å². The van der Waals surface area contributed by atoms with E-state index in [1.54, 1.807) is 20.8 Å². The van der Waals surface area contributed by atoms with Gasteiger partial charge in [-0.05, 0) is 26.8 Å². The van der Waals surface area contributed by atoms with Gasteiger partial charge in [0.05, 0.1) is 17.7 Å². The van der Waals surface area contributed by atoms with Gasteiger partial charge in [-0.2, -0.15) is 5.10 Å². The van der Waals surface area contributed by atoms with Crippen molar-refractivity contribution < 1.29 is 14.8 Å². The number of hydrogen-bond acceptors (Lipinski definition) is 7. The van der Waals surface area contributed by atoms with Crippen LogP contribution in [0.4, 0.5) is 5.69 Å². The maximum absolute atomic E-state index is 11.0. The second-order valence-corrected chi connectivity index (χ2v) is 4.43. The van der Waals surface area contributed by atoms with Crippen LogP contribution in [-0.4, -0.2) is 37.7 Å². The molecule has 0 bridgehead atoms. The number of aromatic hydroxyl groups is 1. The molecule has 0 unspecified atom stereocenters. The first-order chi connectivity index (χ1) is 10.4. The molecule has 9 nitrogen and oxygen atoms in total. The Morgan fingerprint density at radius 1 is 1.41 bits per heavy atom. The summed E-state index contributed by atoms with van der Waals surface area (Å²) >= 11 is 0. The number of nitrogens with zero attached hydrogens (tertiary/aromatic N) is 5. The lowest BCUT2D eigenvalue weighted by Gasteiger charge is -2.07. The van der Waals surface area contributed by atoms with Gasteiger partial charge in [0.1, 0.15) is 0 Å². The van der Waals surface area contributed by atoms with Crippen LogP contribution < -0.4 is 4.74 Å². The molecule has 0 atom stereocenters. The Kier molecular flexibility index (Phi) is 4.35. The quantitative estimate of drug-likeness (QED) is 0.511. The van der Waals surface area contributed by atoms with Crippen LogP contribution in [-0.2, 0) is 0 Å². The third-order valence-corrected chi connectivity index (χ3v) is 2.85. The van der Waals surface area contributed by atoms with Gasteiger partial charge in [-0.25, -0.2) is 4.68 Å². The number of phenolic OH excluding ortho intramolecular Hbond substituents is 1. The van der Waals surface area contributed by atoms with E-state index < -0.39 is 16.4 Å². The summed E-state index contributed by atoms with van der Waals surface area (Å²) in [6.45, 7) is 5.47. The molecule has 0 aliphatic rings. The minimum atomic E-state index is -0.676. The minimum Gasteiger partial charge on any atom is -0.500 e. The highest BCUT2D eigenvalue weighted by Crippen LogP contribution is 2.36. The molecule has 0 radical (unpaired) electrons. The van der Waals surface area contributed by atoms with Gasteiger partial charge in [0.15, 0.2) is 17.4 Å². The Labute approximate surface area is 126 Å². The maximum Gasteiger partial charge on any atom is 0.315 e. The predicted molar refractivity (Wildman–Crippen MR) is 78.4 cm³/mol. The molecule has 0 saturated carbocycles. The smallest absolute Gasteiger partial charge is 0.315 e. The highest BCUT2D eigenvalue weighted by atomic mass is 16.6. The maximum atomic E-state index is 11.0. The topological polar surface area (TPSA) is 116 Å². The Morgan fingerprint density at radius 2 is 2.05 bits per heavy atom. The Balaban J connectivity index is 2.45. The van der Waals surface area contributed by atoms with Gasteiger partial charge in [-0.3, -0.25) is 10.1 Å². The van der Waals surface area contributed by atoms with Gasteiger partial charge in [-0.15, -0.1) is 10.2 Å². The predicted octanol–water partition coefficient (Wildman–Crippen LogP) is 1.79. The highest BCUT2D eigenvalue weighted by molar-refractivity contribution is 5.83. The van der Waals surface area contributed by atoms with E-state index in [-0.39, 0.29) is 12.4 Å². The first-order valence-electron chi connectivity index (χ1n) is 6.51. The summed E-state index contributed by atoms with van der Waals surface area (Å²) in [4.78, 5) is 10.3. The third-order valence-electron chi connectivity index (χ3n) is 2.85. The fourth-order valence-electron chi connectivity index (χ4n) is 1.85. The average Bonchev–Trinajstić information content (AvgIpc) is 2.78. The van der Waals surface area contributed by atoms with Gasteiger partial charge in [0, 0.05) is 11.6 Å². The van der Waals surface area contributed by atoms with Gasteiger partial charge in [0.2, 0.25) is 5.75 Å². The molecule has 1 heterocycles. The SMILES string of the molecule is CCOc1cc(/C=N/n2c(C)nnc2C)cc([N+](=O)[O-])c1O. The van der Waals surface area contributed by atoms with Crippen LogP contribution >= 0.6 is 0 Å². The number of nitro benzene ring substituents is 1. The van der Waals surface area contributed by atoms with Crippen molar-refractivity contribution in [3.8, 4) is 11.5 Å². The molecule has 2 aromatic rings. The van der Waals surface area contributed by atoms with Crippen molar-refractivity contribution in [3.05, 3.63) is 39.5 Å². The van der Waals surface area contributed by atoms with E-state index >= 15 is 0 Å². The summed E-state index contributed by atoms with van der Waals surface area (Å²) in [5.74, 6) is 0.718. The van der Waals surface area contributed by atoms with Crippen molar-refractivity contribution in [3.63, 3.8) is 0 Å². The molecular weight excluding hydrogens is 290 g/mol. The largest absolute Gasteiger partial charge is 0.500 e. The third kappa shape index (κ3) is 3.03. The number of ether oxygens (including phenoxy) is 1. The molecule has 116 valence electrons. The molecule has 22 heavy (non-hydrogen) atoms. The summed E-state index contributed by atoms with van der Waals surface area (Å²) < 4.78 is 6.70. The van der Waals surface area contributed by atoms with Crippen molar-refractivity contribution in [2.24, 2.45) is 5.10 Å². The molecule has 0 fully saturated rings. The minimum absolute atomic E-state index is 0.0374. The second-order valence-electron chi connectivity index (χ2n) is 4.43. The van der Waals surface area contributed by atoms with E-state index in [1.807, 2.05) is 0 Å². The monoisotopic (exact) mass is 305 g/mol. The molecule has 0 saturated heterocycles. The van der Waals surface area contributed by atoms with E-state index in [9.17, 15) is 15.2 Å². The summed E-state index contributed by atoms with van der Waals surface area (Å²) in [7, 11) is 0. The molecule has 9 heteroatoms. The van der Waals surface area contributed by atoms with Crippen LogP contribution in [0.3, 0.4) is 0 Å². The molecule has 0 spiro atoms. The summed E-state index contributed by atoms with van der Waals surface area (Å²) in [6, 6.07) is 2.70. The van der Waals surface area contributed by atoms with Crippen LogP contribution in [0.25, 0.3) is 0 Å². The molecule has 0 aliphatic heterocycles. The molecular formula is C13H15N5O4. The van der Waals surface area contributed by atoms with E-state index in [2.05, 4.69) is 15.3 Å². The van der Waals surface area contributed by atoms with Crippen molar-refractivity contribution in [2.75, 3.05) is 6.61 Å². The summed E-state index contributed by atoms with van der Waals surface area (Å²) in [6.07, 6.45) is 1.41. The van der Waals surface area contributed by atoms with Gasteiger partial charge >= 0.3 is 5.69 Å². The molecule has 2 rings (SSSR count). The van der Waals surface area contributed by atoms with Gasteiger partial charge in [0.25, 0.3) is 0 Å². The van der Waals surface area contributed by atoms with E-state index in [1.165, 1.54) is 23.0 Å². The number of benzene rings is 1. The zero-order chi connectivity index (χ0) is 16.3. The standard InChI is InChI=1S/C13H15N5O4/c1-4-22-12-6-10(5-11(13(12)19)18(20)21)7-14-17-8(2)15-16-9(17)3/h5-7,19H,4H2,1-3H3/b14-7+. The van der Waals surface area contributed by atoms with E-state index in [0.29, 0.717) is 17.2 Å². The molecule has 0 amide bonds. The lowest BCUT2D eigenvalue weighted by Crippen LogP contribution is -1.99. The lowest BCUT2D eigenvalue weighted by molar-refractivity contribution is -0.386. The summed E-state index contributed by atoms with van der Waals surface area (Å²) in [5, 5.41) is 32.7. The first-order valence-corrected chi connectivity index (χ1v) is 6.51. The van der Waals surface area contributed by atoms with Crippen molar-refractivity contribution >= 4 is 11.9 Å². The number of aryl methyl sites for hydroxylation is 2. The average molecular weight is 305 g/mol. The lowest BCUT2D eigenvalue weighted by atomic mass is 10.2. The second kappa shape index (κ2) is 6.20. The molecule has 1 N–H and O–H groups in total. The highest BCUT2D eigenvalue weighted by Gasteiger charge is 2.19.